The van der Waals surface area contributed by atoms with E-state index in [0.29, 0.717) is 24.2 Å². The van der Waals surface area contributed by atoms with Crippen LogP contribution in [0.2, 0.25) is 0 Å². The highest BCUT2D eigenvalue weighted by atomic mass is 16.7. The van der Waals surface area contributed by atoms with Crippen molar-refractivity contribution in [2.24, 2.45) is 0 Å². The highest BCUT2D eigenvalue weighted by Gasteiger charge is 2.53. The van der Waals surface area contributed by atoms with Crippen molar-refractivity contribution in [2.75, 3.05) is 26.3 Å². The van der Waals surface area contributed by atoms with Crippen LogP contribution in [0, 0.1) is 6.92 Å². The lowest BCUT2D eigenvalue weighted by molar-refractivity contribution is -0.289. The summed E-state index contributed by atoms with van der Waals surface area (Å²) in [6, 6.07) is 14.7. The highest BCUT2D eigenvalue weighted by molar-refractivity contribution is 5.71. The molecular formula is C42H53N3O15. The number of aromatic nitrogens is 2. The summed E-state index contributed by atoms with van der Waals surface area (Å²) in [5, 5.41) is 16.7. The van der Waals surface area contributed by atoms with Gasteiger partial charge in [-0.3, -0.25) is 29.1 Å². The molecule has 2 heterocycles. The maximum absolute atomic E-state index is 12.8. The summed E-state index contributed by atoms with van der Waals surface area (Å²) in [7, 11) is 0. The van der Waals surface area contributed by atoms with Gasteiger partial charge in [0, 0.05) is 58.5 Å². The van der Waals surface area contributed by atoms with E-state index in [9.17, 15) is 33.9 Å². The third kappa shape index (κ3) is 14.0. The van der Waals surface area contributed by atoms with Crippen molar-refractivity contribution in [3.63, 3.8) is 0 Å². The predicted octanol–water partition coefficient (Wildman–Crippen LogP) is 4.78. The van der Waals surface area contributed by atoms with Crippen LogP contribution < -0.4 is 9.47 Å². The van der Waals surface area contributed by atoms with E-state index in [-0.39, 0.29) is 44.5 Å². The molecule has 1 aliphatic rings. The molecule has 1 saturated heterocycles. The normalized spacial score (nSPS) is 18.5. The van der Waals surface area contributed by atoms with E-state index in [1.54, 1.807) is 6.07 Å². The maximum atomic E-state index is 12.8. The summed E-state index contributed by atoms with van der Waals surface area (Å²) >= 11 is 0. The number of carboxylic acid groups (broad SMARTS) is 1. The molecule has 2 aromatic carbocycles. The van der Waals surface area contributed by atoms with Gasteiger partial charge < -0.3 is 47.9 Å². The van der Waals surface area contributed by atoms with Crippen LogP contribution in [-0.4, -0.2) is 113 Å². The monoisotopic (exact) mass is 839 g/mol. The first-order chi connectivity index (χ1) is 28.5. The van der Waals surface area contributed by atoms with Crippen LogP contribution in [0.25, 0.3) is 0 Å². The number of amides is 1. The second-order valence-corrected chi connectivity index (χ2v) is 14.4. The van der Waals surface area contributed by atoms with Crippen LogP contribution in [0.4, 0.5) is 4.79 Å². The van der Waals surface area contributed by atoms with Crippen LogP contribution in [0.5, 0.6) is 11.6 Å². The van der Waals surface area contributed by atoms with Crippen LogP contribution in [0.3, 0.4) is 0 Å². The number of carboxylic acids is 1. The Kier molecular flexibility index (Phi) is 17.3. The molecule has 0 saturated carbocycles. The summed E-state index contributed by atoms with van der Waals surface area (Å²) in [6.07, 6.45) is -7.01. The van der Waals surface area contributed by atoms with Gasteiger partial charge in [0.15, 0.2) is 12.2 Å². The van der Waals surface area contributed by atoms with Crippen LogP contribution in [0.15, 0.2) is 48.5 Å². The van der Waals surface area contributed by atoms with Gasteiger partial charge in [0.25, 0.3) is 0 Å². The van der Waals surface area contributed by atoms with E-state index in [2.05, 4.69) is 10.2 Å². The predicted molar refractivity (Wildman–Crippen MR) is 210 cm³/mol. The number of esters is 4. The fourth-order valence-corrected chi connectivity index (χ4v) is 6.43. The minimum Gasteiger partial charge on any atom is -0.494 e. The first kappa shape index (κ1) is 46.5. The number of nitrogens with zero attached hydrogens (tertiary/aromatic N) is 2. The molecule has 326 valence electrons. The zero-order valence-corrected chi connectivity index (χ0v) is 34.8. The molecule has 0 aliphatic carbocycles. The summed E-state index contributed by atoms with van der Waals surface area (Å²) in [5.74, 6) is -3.36. The lowest BCUT2D eigenvalue weighted by atomic mass is 9.96. The Hall–Kier alpha value is -6.17. The Morgan fingerprint density at radius 3 is 2.13 bits per heavy atom. The minimum atomic E-state index is -1.48. The number of rotatable bonds is 20. The van der Waals surface area contributed by atoms with Gasteiger partial charge in [-0.25, -0.2) is 4.79 Å². The summed E-state index contributed by atoms with van der Waals surface area (Å²) in [6.45, 7) is 10.5. The number of ether oxygens (including phenoxy) is 8. The molecule has 1 amide bonds. The standard InChI is InChI=1S/C42H53N3O15/c1-24(2)36-33(40(44-43-36)60-41-39(58-29(7)49)38(57-28(6)48)37(56-27(5)47)34(59-41)23-54-26(4)46)21-31-14-15-32(20-25(31)3)53-19-11-17-45(18-16-35(50)51)42(52)55-22-30-12-9-8-10-13-30/h8-10,12-15,20,24,34,37-39,41H,11,16-19,21-23H2,1-7H3,(H,43,44)(H,50,51)/t34-,37-,38+,39-,41+/m1/s1. The Balaban J connectivity index is 1.50. The Morgan fingerprint density at radius 2 is 1.52 bits per heavy atom. The highest BCUT2D eigenvalue weighted by Crippen LogP contribution is 2.35. The molecule has 60 heavy (non-hydrogen) atoms. The van der Waals surface area contributed by atoms with Gasteiger partial charge in [0.05, 0.1) is 13.0 Å². The number of nitrogens with one attached hydrogen (secondary N) is 1. The van der Waals surface area contributed by atoms with Gasteiger partial charge >= 0.3 is 35.9 Å². The number of benzene rings is 2. The molecule has 0 spiro atoms. The van der Waals surface area contributed by atoms with Gasteiger partial charge in [-0.1, -0.05) is 50.2 Å². The van der Waals surface area contributed by atoms with Crippen LogP contribution >= 0.6 is 0 Å². The largest absolute Gasteiger partial charge is 0.494 e. The third-order valence-electron chi connectivity index (χ3n) is 9.20. The molecule has 1 aromatic heterocycles. The summed E-state index contributed by atoms with van der Waals surface area (Å²) in [5.41, 5.74) is 3.96. The van der Waals surface area contributed by atoms with E-state index >= 15 is 0 Å². The van der Waals surface area contributed by atoms with Crippen molar-refractivity contribution < 1.29 is 71.8 Å². The number of aliphatic carboxylic acids is 1. The lowest BCUT2D eigenvalue weighted by Crippen LogP contribution is -2.63. The number of carbonyl (C=O) groups is 6. The number of aromatic amines is 1. The fourth-order valence-electron chi connectivity index (χ4n) is 6.43. The number of hydrogen-bond acceptors (Lipinski definition) is 15. The van der Waals surface area contributed by atoms with Gasteiger partial charge in [0.2, 0.25) is 18.3 Å². The Bertz CT molecular complexity index is 1950. The maximum Gasteiger partial charge on any atom is 0.410 e. The quantitative estimate of drug-likeness (QED) is 0.0887. The van der Waals surface area contributed by atoms with Crippen molar-refractivity contribution >= 4 is 35.9 Å². The number of carbonyl (C=O) groups excluding carboxylic acids is 5. The molecular weight excluding hydrogens is 786 g/mol. The second-order valence-electron chi connectivity index (χ2n) is 14.4. The van der Waals surface area contributed by atoms with Crippen molar-refractivity contribution in [1.29, 1.82) is 0 Å². The first-order valence-corrected chi connectivity index (χ1v) is 19.5. The Morgan fingerprint density at radius 1 is 0.850 bits per heavy atom. The summed E-state index contributed by atoms with van der Waals surface area (Å²) in [4.78, 5) is 74.0. The van der Waals surface area contributed by atoms with E-state index in [0.717, 1.165) is 43.2 Å². The van der Waals surface area contributed by atoms with Crippen molar-refractivity contribution in [3.8, 4) is 11.6 Å². The van der Waals surface area contributed by atoms with Crippen LogP contribution in [0.1, 0.15) is 88.2 Å². The molecule has 18 nitrogen and oxygen atoms in total. The van der Waals surface area contributed by atoms with E-state index in [4.69, 9.17) is 37.9 Å². The smallest absolute Gasteiger partial charge is 0.410 e. The van der Waals surface area contributed by atoms with Crippen LogP contribution in [-0.2, 0) is 65.4 Å². The molecule has 18 heteroatoms. The molecule has 1 fully saturated rings. The molecule has 0 radical (unpaired) electrons. The molecule has 5 atom stereocenters. The third-order valence-corrected chi connectivity index (χ3v) is 9.20. The topological polar surface area (TPSA) is 228 Å². The van der Waals surface area contributed by atoms with Crippen molar-refractivity contribution in [1.82, 2.24) is 15.1 Å². The summed E-state index contributed by atoms with van der Waals surface area (Å²) < 4.78 is 45.7. The SMILES string of the molecule is CC(=O)OC[C@H]1O[C@@H](Oc2n[nH]c(C(C)C)c2Cc2ccc(OCCCN(CCC(=O)O)C(=O)OCc3ccccc3)cc2C)[C@H](OC(C)=O)[C@@H](OC(C)=O)[C@@H]1OC(C)=O. The molecule has 4 rings (SSSR count). The number of hydrogen-bond donors (Lipinski definition) is 2. The van der Waals surface area contributed by atoms with Gasteiger partial charge in [0.1, 0.15) is 25.1 Å². The van der Waals surface area contributed by atoms with Gasteiger partial charge in [-0.05, 0) is 48.1 Å². The first-order valence-electron chi connectivity index (χ1n) is 19.5. The molecule has 0 unspecified atom stereocenters. The average molecular weight is 840 g/mol. The van der Waals surface area contributed by atoms with E-state index in [1.807, 2.05) is 63.2 Å². The minimum absolute atomic E-state index is 0.0114. The van der Waals surface area contributed by atoms with Gasteiger partial charge in [-0.2, -0.15) is 0 Å². The van der Waals surface area contributed by atoms with Crippen molar-refractivity contribution in [2.45, 2.75) is 111 Å². The number of H-pyrrole nitrogens is 1. The van der Waals surface area contributed by atoms with Crippen molar-refractivity contribution in [3.05, 3.63) is 76.5 Å². The molecule has 1 aliphatic heterocycles. The zero-order chi connectivity index (χ0) is 43.9. The average Bonchev–Trinajstić information content (AvgIpc) is 3.57. The second kappa shape index (κ2) is 22.3. The van der Waals surface area contributed by atoms with Gasteiger partial charge in [-0.15, -0.1) is 5.10 Å². The molecule has 0 bridgehead atoms. The lowest BCUT2D eigenvalue weighted by Gasteiger charge is -2.43. The van der Waals surface area contributed by atoms with E-state index in [1.165, 1.54) is 11.8 Å². The molecule has 3 aromatic rings. The Labute approximate surface area is 347 Å². The van der Waals surface area contributed by atoms with E-state index < -0.39 is 73.3 Å². The molecule has 2 N–H and O–H groups in total. The number of aryl methyl sites for hydroxylation is 1. The zero-order valence-electron chi connectivity index (χ0n) is 34.8. The fraction of sp³-hybridized carbons (Fsp3) is 0.500.